The SMILES string of the molecule is c1ccc2c([C@@H]3CCCN3)csc2c1. The maximum atomic E-state index is 3.56. The van der Waals surface area contributed by atoms with Crippen molar-refractivity contribution in [2.24, 2.45) is 0 Å². The first kappa shape index (κ1) is 8.45. The van der Waals surface area contributed by atoms with E-state index in [1.807, 2.05) is 11.3 Å². The summed E-state index contributed by atoms with van der Waals surface area (Å²) in [6.07, 6.45) is 2.61. The highest BCUT2D eigenvalue weighted by molar-refractivity contribution is 7.17. The molecule has 1 aliphatic heterocycles. The van der Waals surface area contributed by atoms with Crippen LogP contribution in [0.4, 0.5) is 0 Å². The summed E-state index contributed by atoms with van der Waals surface area (Å²) in [5.74, 6) is 0. The second-order valence-electron chi connectivity index (χ2n) is 3.84. The second kappa shape index (κ2) is 3.37. The van der Waals surface area contributed by atoms with E-state index in [2.05, 4.69) is 35.0 Å². The summed E-state index contributed by atoms with van der Waals surface area (Å²) in [7, 11) is 0. The Kier molecular flexibility index (Phi) is 2.03. The molecule has 1 saturated heterocycles. The molecule has 0 aliphatic carbocycles. The lowest BCUT2D eigenvalue weighted by Crippen LogP contribution is -2.12. The molecule has 0 unspecified atom stereocenters. The summed E-state index contributed by atoms with van der Waals surface area (Å²) >= 11 is 1.86. The lowest BCUT2D eigenvalue weighted by molar-refractivity contribution is 0.654. The highest BCUT2D eigenvalue weighted by Gasteiger charge is 2.18. The third-order valence-electron chi connectivity index (χ3n) is 2.95. The number of fused-ring (bicyclic) bond motifs is 1. The van der Waals surface area contributed by atoms with Gasteiger partial charge in [-0.3, -0.25) is 0 Å². The summed E-state index contributed by atoms with van der Waals surface area (Å²) < 4.78 is 1.41. The molecule has 2 aromatic rings. The van der Waals surface area contributed by atoms with Gasteiger partial charge in [-0.2, -0.15) is 0 Å². The van der Waals surface area contributed by atoms with Gasteiger partial charge in [0.05, 0.1) is 0 Å². The first-order valence-electron chi connectivity index (χ1n) is 5.15. The van der Waals surface area contributed by atoms with Crippen molar-refractivity contribution in [3.8, 4) is 0 Å². The number of hydrogen-bond donors (Lipinski definition) is 1. The molecular weight excluding hydrogens is 190 g/mol. The molecule has 0 radical (unpaired) electrons. The van der Waals surface area contributed by atoms with E-state index in [4.69, 9.17) is 0 Å². The Hall–Kier alpha value is -0.860. The van der Waals surface area contributed by atoms with E-state index in [9.17, 15) is 0 Å². The lowest BCUT2D eigenvalue weighted by Gasteiger charge is -2.08. The molecule has 1 aromatic heterocycles. The third kappa shape index (κ3) is 1.26. The summed E-state index contributed by atoms with van der Waals surface area (Å²) in [4.78, 5) is 0. The largest absolute Gasteiger partial charge is 0.310 e. The molecule has 1 aromatic carbocycles. The number of nitrogens with one attached hydrogen (secondary N) is 1. The van der Waals surface area contributed by atoms with Gasteiger partial charge in [0.1, 0.15) is 0 Å². The van der Waals surface area contributed by atoms with Crippen molar-refractivity contribution in [3.05, 3.63) is 35.2 Å². The molecule has 72 valence electrons. The van der Waals surface area contributed by atoms with Crippen LogP contribution in [0.1, 0.15) is 24.4 Å². The molecule has 0 amide bonds. The predicted molar refractivity (Wildman–Crippen MR) is 61.8 cm³/mol. The molecule has 1 atom stereocenters. The van der Waals surface area contributed by atoms with Gasteiger partial charge >= 0.3 is 0 Å². The Morgan fingerprint density at radius 2 is 2.21 bits per heavy atom. The minimum Gasteiger partial charge on any atom is -0.310 e. The smallest absolute Gasteiger partial charge is 0.0346 e. The standard InChI is InChI=1S/C12H13NS/c1-2-6-12-9(4-1)10(8-14-12)11-5-3-7-13-11/h1-2,4,6,8,11,13H,3,5,7H2/t11-/m0/s1. The van der Waals surface area contributed by atoms with Crippen molar-refractivity contribution in [1.29, 1.82) is 0 Å². The Morgan fingerprint density at radius 1 is 1.29 bits per heavy atom. The van der Waals surface area contributed by atoms with Gasteiger partial charge in [0.25, 0.3) is 0 Å². The van der Waals surface area contributed by atoms with Crippen molar-refractivity contribution in [2.45, 2.75) is 18.9 Å². The van der Waals surface area contributed by atoms with E-state index in [1.54, 1.807) is 0 Å². The quantitative estimate of drug-likeness (QED) is 0.749. The highest BCUT2D eigenvalue weighted by atomic mass is 32.1. The van der Waals surface area contributed by atoms with Crippen LogP contribution in [0.2, 0.25) is 0 Å². The Labute approximate surface area is 87.8 Å². The van der Waals surface area contributed by atoms with E-state index in [-0.39, 0.29) is 0 Å². The average Bonchev–Trinajstić information content (AvgIpc) is 2.85. The summed E-state index contributed by atoms with van der Waals surface area (Å²) in [6.45, 7) is 1.18. The van der Waals surface area contributed by atoms with Gasteiger partial charge in [-0.05, 0) is 41.8 Å². The third-order valence-corrected chi connectivity index (χ3v) is 3.93. The zero-order chi connectivity index (χ0) is 9.38. The van der Waals surface area contributed by atoms with Crippen molar-refractivity contribution >= 4 is 21.4 Å². The first-order chi connectivity index (χ1) is 6.95. The maximum Gasteiger partial charge on any atom is 0.0346 e. The van der Waals surface area contributed by atoms with E-state index in [0.717, 1.165) is 0 Å². The zero-order valence-electron chi connectivity index (χ0n) is 7.99. The highest BCUT2D eigenvalue weighted by Crippen LogP contribution is 2.33. The van der Waals surface area contributed by atoms with Crippen LogP contribution in [0.3, 0.4) is 0 Å². The molecule has 1 nitrogen and oxygen atoms in total. The van der Waals surface area contributed by atoms with Crippen LogP contribution in [-0.4, -0.2) is 6.54 Å². The number of benzene rings is 1. The molecule has 3 rings (SSSR count). The molecular formula is C12H13NS. The monoisotopic (exact) mass is 203 g/mol. The molecule has 1 aliphatic rings. The number of thiophene rings is 1. The van der Waals surface area contributed by atoms with Gasteiger partial charge in [-0.25, -0.2) is 0 Å². The van der Waals surface area contributed by atoms with Gasteiger partial charge in [0.15, 0.2) is 0 Å². The molecule has 14 heavy (non-hydrogen) atoms. The number of rotatable bonds is 1. The van der Waals surface area contributed by atoms with Crippen molar-refractivity contribution in [1.82, 2.24) is 5.32 Å². The van der Waals surface area contributed by atoms with Gasteiger partial charge in [-0.1, -0.05) is 18.2 Å². The van der Waals surface area contributed by atoms with Crippen LogP contribution in [0.15, 0.2) is 29.6 Å². The minimum absolute atomic E-state index is 0.603. The van der Waals surface area contributed by atoms with Gasteiger partial charge < -0.3 is 5.32 Å². The van der Waals surface area contributed by atoms with Crippen LogP contribution in [0.5, 0.6) is 0 Å². The molecule has 1 N–H and O–H groups in total. The summed E-state index contributed by atoms with van der Waals surface area (Å²) in [5, 5.41) is 7.31. The molecule has 0 saturated carbocycles. The zero-order valence-corrected chi connectivity index (χ0v) is 8.81. The van der Waals surface area contributed by atoms with Gasteiger partial charge in [-0.15, -0.1) is 11.3 Å². The Morgan fingerprint density at radius 3 is 3.07 bits per heavy atom. The Balaban J connectivity index is 2.11. The summed E-state index contributed by atoms with van der Waals surface area (Å²) in [6, 6.07) is 9.30. The fourth-order valence-electron chi connectivity index (χ4n) is 2.22. The number of hydrogen-bond acceptors (Lipinski definition) is 2. The van der Waals surface area contributed by atoms with Crippen LogP contribution >= 0.6 is 11.3 Å². The maximum absolute atomic E-state index is 3.56. The minimum atomic E-state index is 0.603. The fraction of sp³-hybridized carbons (Fsp3) is 0.333. The van der Waals surface area contributed by atoms with Crippen LogP contribution < -0.4 is 5.32 Å². The van der Waals surface area contributed by atoms with E-state index >= 15 is 0 Å². The van der Waals surface area contributed by atoms with E-state index in [1.165, 1.54) is 35.0 Å². The van der Waals surface area contributed by atoms with Crippen LogP contribution in [-0.2, 0) is 0 Å². The first-order valence-corrected chi connectivity index (χ1v) is 6.02. The van der Waals surface area contributed by atoms with Gasteiger partial charge in [0.2, 0.25) is 0 Å². The predicted octanol–water partition coefficient (Wildman–Crippen LogP) is 3.33. The summed E-state index contributed by atoms with van der Waals surface area (Å²) in [5.41, 5.74) is 1.50. The molecule has 2 heteroatoms. The molecule has 0 bridgehead atoms. The van der Waals surface area contributed by atoms with Crippen molar-refractivity contribution in [3.63, 3.8) is 0 Å². The lowest BCUT2D eigenvalue weighted by atomic mass is 10.0. The van der Waals surface area contributed by atoms with Gasteiger partial charge in [0, 0.05) is 10.7 Å². The van der Waals surface area contributed by atoms with Crippen molar-refractivity contribution in [2.75, 3.05) is 6.54 Å². The van der Waals surface area contributed by atoms with Crippen LogP contribution in [0, 0.1) is 0 Å². The van der Waals surface area contributed by atoms with E-state index < -0.39 is 0 Å². The topological polar surface area (TPSA) is 12.0 Å². The normalized spacial score (nSPS) is 21.9. The van der Waals surface area contributed by atoms with Crippen LogP contribution in [0.25, 0.3) is 10.1 Å². The molecule has 0 spiro atoms. The average molecular weight is 203 g/mol. The Bertz CT molecular complexity index is 440. The fourth-order valence-corrected chi connectivity index (χ4v) is 3.23. The van der Waals surface area contributed by atoms with E-state index in [0.29, 0.717) is 6.04 Å². The molecule has 1 fully saturated rings. The second-order valence-corrected chi connectivity index (χ2v) is 4.75. The molecule has 2 heterocycles. The van der Waals surface area contributed by atoms with Crippen molar-refractivity contribution < 1.29 is 0 Å².